The van der Waals surface area contributed by atoms with Gasteiger partial charge in [-0.05, 0) is 47.3 Å². The molecule has 0 aromatic carbocycles. The first-order valence-corrected chi connectivity index (χ1v) is 9.50. The van der Waals surface area contributed by atoms with Crippen LogP contribution in [0, 0.1) is 6.92 Å². The second-order valence-electron chi connectivity index (χ2n) is 3.67. The highest BCUT2D eigenvalue weighted by Crippen LogP contribution is 2.30. The van der Waals surface area contributed by atoms with Gasteiger partial charge in [-0.25, -0.2) is 13.1 Å². The molecular formula is C10H15Br2NO2S2. The minimum Gasteiger partial charge on any atom is -0.210 e. The number of thiophene rings is 1. The van der Waals surface area contributed by atoms with Gasteiger partial charge in [-0.1, -0.05) is 22.4 Å². The first kappa shape index (κ1) is 15.6. The van der Waals surface area contributed by atoms with Gasteiger partial charge in [-0.15, -0.1) is 11.3 Å². The molecule has 1 N–H and O–H groups in total. The Morgan fingerprint density at radius 3 is 2.59 bits per heavy atom. The van der Waals surface area contributed by atoms with Crippen LogP contribution >= 0.6 is 43.2 Å². The first-order valence-electron chi connectivity index (χ1n) is 5.29. The fourth-order valence-corrected chi connectivity index (χ4v) is 4.98. The fraction of sp³-hybridized carbons (Fsp3) is 0.600. The Balaban J connectivity index is 2.51. The van der Waals surface area contributed by atoms with Crippen LogP contribution in [-0.2, 0) is 10.0 Å². The molecule has 1 aromatic heterocycles. The normalized spacial score (nSPS) is 11.9. The molecule has 0 aliphatic heterocycles. The van der Waals surface area contributed by atoms with E-state index in [2.05, 4.69) is 36.6 Å². The minimum atomic E-state index is -3.32. The van der Waals surface area contributed by atoms with E-state index in [1.54, 1.807) is 6.07 Å². The summed E-state index contributed by atoms with van der Waals surface area (Å²) >= 11 is 7.93. The van der Waals surface area contributed by atoms with E-state index in [0.29, 0.717) is 10.8 Å². The molecule has 98 valence electrons. The largest absolute Gasteiger partial charge is 0.250 e. The Morgan fingerprint density at radius 1 is 1.35 bits per heavy atom. The fourth-order valence-electron chi connectivity index (χ4n) is 1.24. The predicted molar refractivity (Wildman–Crippen MR) is 79.6 cm³/mol. The lowest BCUT2D eigenvalue weighted by atomic mass is 10.3. The second-order valence-corrected chi connectivity index (χ2v) is 8.83. The number of hydrogen-bond acceptors (Lipinski definition) is 3. The lowest BCUT2D eigenvalue weighted by Gasteiger charge is -2.03. The Labute approximate surface area is 123 Å². The molecule has 0 aliphatic rings. The smallest absolute Gasteiger partial charge is 0.210 e. The van der Waals surface area contributed by atoms with E-state index in [9.17, 15) is 8.42 Å². The second kappa shape index (κ2) is 7.23. The molecule has 17 heavy (non-hydrogen) atoms. The lowest BCUT2D eigenvalue weighted by molar-refractivity contribution is 0.578. The van der Waals surface area contributed by atoms with Crippen molar-refractivity contribution >= 4 is 53.2 Å². The van der Waals surface area contributed by atoms with Gasteiger partial charge >= 0.3 is 0 Å². The number of rotatable bonds is 7. The zero-order valence-electron chi connectivity index (χ0n) is 9.50. The van der Waals surface area contributed by atoms with Gasteiger partial charge in [0.1, 0.15) is 4.21 Å². The van der Waals surface area contributed by atoms with Crippen molar-refractivity contribution in [2.45, 2.75) is 30.4 Å². The standard InChI is InChI=1S/C10H15Br2NO2S2/c1-8-7-9(16-10(8)12)17(14,15)13-6-4-2-3-5-11/h7,13H,2-6H2,1H3. The highest BCUT2D eigenvalue weighted by Gasteiger charge is 2.17. The summed E-state index contributed by atoms with van der Waals surface area (Å²) in [6.45, 7) is 2.39. The van der Waals surface area contributed by atoms with Gasteiger partial charge in [0.15, 0.2) is 0 Å². The molecule has 0 fully saturated rings. The summed E-state index contributed by atoms with van der Waals surface area (Å²) in [6.07, 6.45) is 2.97. The Morgan fingerprint density at radius 2 is 2.06 bits per heavy atom. The lowest BCUT2D eigenvalue weighted by Crippen LogP contribution is -2.24. The van der Waals surface area contributed by atoms with Crippen LogP contribution in [0.1, 0.15) is 24.8 Å². The molecule has 0 saturated carbocycles. The van der Waals surface area contributed by atoms with E-state index in [0.717, 1.165) is 33.9 Å². The molecule has 1 rings (SSSR count). The van der Waals surface area contributed by atoms with E-state index >= 15 is 0 Å². The van der Waals surface area contributed by atoms with Crippen molar-refractivity contribution in [2.75, 3.05) is 11.9 Å². The third-order valence-electron chi connectivity index (χ3n) is 2.20. The summed E-state index contributed by atoms with van der Waals surface area (Å²) in [5.74, 6) is 0. The van der Waals surface area contributed by atoms with Crippen molar-refractivity contribution in [3.8, 4) is 0 Å². The summed E-state index contributed by atoms with van der Waals surface area (Å²) in [5.41, 5.74) is 0.953. The summed E-state index contributed by atoms with van der Waals surface area (Å²) < 4.78 is 27.7. The SMILES string of the molecule is Cc1cc(S(=O)(=O)NCCCCCBr)sc1Br. The molecular weight excluding hydrogens is 390 g/mol. The van der Waals surface area contributed by atoms with Crippen molar-refractivity contribution in [3.05, 3.63) is 15.4 Å². The summed E-state index contributed by atoms with van der Waals surface area (Å²) in [6, 6.07) is 1.69. The van der Waals surface area contributed by atoms with Crippen LogP contribution in [0.4, 0.5) is 0 Å². The maximum atomic E-state index is 11.9. The monoisotopic (exact) mass is 403 g/mol. The number of aryl methyl sites for hydroxylation is 1. The molecule has 1 heterocycles. The highest BCUT2D eigenvalue weighted by molar-refractivity contribution is 9.11. The molecule has 0 spiro atoms. The Bertz CT molecular complexity index is 437. The number of sulfonamides is 1. The quantitative estimate of drug-likeness (QED) is 0.556. The van der Waals surface area contributed by atoms with Crippen LogP contribution < -0.4 is 4.72 Å². The van der Waals surface area contributed by atoms with Crippen molar-refractivity contribution < 1.29 is 8.42 Å². The topological polar surface area (TPSA) is 46.2 Å². The zero-order valence-corrected chi connectivity index (χ0v) is 14.3. The molecule has 0 amide bonds. The molecule has 7 heteroatoms. The third-order valence-corrected chi connectivity index (χ3v) is 6.83. The van der Waals surface area contributed by atoms with Gasteiger partial charge in [-0.2, -0.15) is 0 Å². The third kappa shape index (κ3) is 4.98. The Hall–Kier alpha value is 0.570. The van der Waals surface area contributed by atoms with Crippen LogP contribution in [0.2, 0.25) is 0 Å². The number of nitrogens with one attached hydrogen (secondary N) is 1. The van der Waals surface area contributed by atoms with Gasteiger partial charge < -0.3 is 0 Å². The molecule has 0 bridgehead atoms. The number of unbranched alkanes of at least 4 members (excludes halogenated alkanes) is 2. The van der Waals surface area contributed by atoms with Crippen LogP contribution in [0.15, 0.2) is 14.1 Å². The van der Waals surface area contributed by atoms with Gasteiger partial charge in [0, 0.05) is 11.9 Å². The first-order chi connectivity index (χ1) is 7.97. The van der Waals surface area contributed by atoms with Crippen molar-refractivity contribution in [1.29, 1.82) is 0 Å². The highest BCUT2D eigenvalue weighted by atomic mass is 79.9. The van der Waals surface area contributed by atoms with Crippen LogP contribution in [-0.4, -0.2) is 20.3 Å². The summed E-state index contributed by atoms with van der Waals surface area (Å²) in [7, 11) is -3.32. The van der Waals surface area contributed by atoms with Gasteiger partial charge in [-0.3, -0.25) is 0 Å². The molecule has 0 aliphatic carbocycles. The number of alkyl halides is 1. The maximum absolute atomic E-state index is 11.9. The van der Waals surface area contributed by atoms with E-state index in [4.69, 9.17) is 0 Å². The molecule has 3 nitrogen and oxygen atoms in total. The summed E-state index contributed by atoms with van der Waals surface area (Å²) in [4.78, 5) is 0. The average molecular weight is 405 g/mol. The van der Waals surface area contributed by atoms with Crippen molar-refractivity contribution in [3.63, 3.8) is 0 Å². The van der Waals surface area contributed by atoms with E-state index in [1.165, 1.54) is 11.3 Å². The van der Waals surface area contributed by atoms with Crippen molar-refractivity contribution in [1.82, 2.24) is 4.72 Å². The van der Waals surface area contributed by atoms with Gasteiger partial charge in [0.25, 0.3) is 0 Å². The molecule has 0 unspecified atom stereocenters. The van der Waals surface area contributed by atoms with Gasteiger partial charge in [0.2, 0.25) is 10.0 Å². The molecule has 1 aromatic rings. The minimum absolute atomic E-state index is 0.377. The molecule has 0 radical (unpaired) electrons. The van der Waals surface area contributed by atoms with E-state index in [-0.39, 0.29) is 0 Å². The predicted octanol–water partition coefficient (Wildman–Crippen LogP) is 3.66. The van der Waals surface area contributed by atoms with E-state index < -0.39 is 10.0 Å². The van der Waals surface area contributed by atoms with Gasteiger partial charge in [0.05, 0.1) is 3.79 Å². The van der Waals surface area contributed by atoms with Crippen LogP contribution in [0.3, 0.4) is 0 Å². The number of hydrogen-bond donors (Lipinski definition) is 1. The van der Waals surface area contributed by atoms with Crippen LogP contribution in [0.25, 0.3) is 0 Å². The average Bonchev–Trinajstić information content (AvgIpc) is 2.60. The zero-order chi connectivity index (χ0) is 12.9. The maximum Gasteiger partial charge on any atom is 0.250 e. The molecule has 0 saturated heterocycles. The summed E-state index contributed by atoms with van der Waals surface area (Å²) in [5, 5.41) is 0.969. The number of halogens is 2. The van der Waals surface area contributed by atoms with Crippen LogP contribution in [0.5, 0.6) is 0 Å². The van der Waals surface area contributed by atoms with Crippen molar-refractivity contribution in [2.24, 2.45) is 0 Å². The van der Waals surface area contributed by atoms with E-state index in [1.807, 2.05) is 6.92 Å². The Kier molecular flexibility index (Phi) is 6.65. The molecule has 0 atom stereocenters.